The fourth-order valence-electron chi connectivity index (χ4n) is 2.88. The van der Waals surface area contributed by atoms with Crippen LogP contribution in [0.3, 0.4) is 0 Å². The van der Waals surface area contributed by atoms with Gasteiger partial charge in [0.05, 0.1) is 0 Å². The topological polar surface area (TPSA) is 4.93 Å². The van der Waals surface area contributed by atoms with Crippen LogP contribution < -0.4 is 0 Å². The summed E-state index contributed by atoms with van der Waals surface area (Å²) in [5, 5.41) is 1.35. The number of benzene rings is 2. The maximum absolute atomic E-state index is 2.28. The molecule has 114 valence electrons. The second kappa shape index (κ2) is 7.06. The van der Waals surface area contributed by atoms with Crippen molar-refractivity contribution in [1.82, 2.24) is 4.57 Å². The van der Waals surface area contributed by atoms with Crippen LogP contribution in [0.25, 0.3) is 10.9 Å². The van der Waals surface area contributed by atoms with Gasteiger partial charge in [0.2, 0.25) is 0 Å². The predicted octanol–water partition coefficient (Wildman–Crippen LogP) is 6.06. The van der Waals surface area contributed by atoms with Crippen molar-refractivity contribution in [2.45, 2.75) is 42.4 Å². The Hall–Kier alpha value is -1.67. The van der Waals surface area contributed by atoms with Crippen LogP contribution in [0, 0.1) is 0 Å². The highest BCUT2D eigenvalue weighted by molar-refractivity contribution is 7.99. The van der Waals surface area contributed by atoms with E-state index in [0.29, 0.717) is 0 Å². The van der Waals surface area contributed by atoms with Crippen molar-refractivity contribution in [3.05, 3.63) is 60.3 Å². The SMILES string of the molecule is CCCCCc1ccccc1Sc1cn(C)c2ccccc12. The zero-order valence-corrected chi connectivity index (χ0v) is 14.2. The third kappa shape index (κ3) is 3.22. The number of aryl methyl sites for hydroxylation is 2. The van der Waals surface area contributed by atoms with Gasteiger partial charge in [-0.25, -0.2) is 0 Å². The molecule has 0 atom stereocenters. The lowest BCUT2D eigenvalue weighted by Crippen LogP contribution is -1.88. The minimum atomic E-state index is 1.18. The van der Waals surface area contributed by atoms with Gasteiger partial charge in [-0.2, -0.15) is 0 Å². The summed E-state index contributed by atoms with van der Waals surface area (Å²) in [7, 11) is 2.12. The van der Waals surface area contributed by atoms with Crippen LogP contribution in [-0.4, -0.2) is 4.57 Å². The summed E-state index contributed by atoms with van der Waals surface area (Å²) in [6.07, 6.45) is 7.30. The fraction of sp³-hybridized carbons (Fsp3) is 0.300. The number of hydrogen-bond donors (Lipinski definition) is 0. The molecule has 2 aromatic carbocycles. The van der Waals surface area contributed by atoms with Gasteiger partial charge in [-0.1, -0.05) is 67.9 Å². The Morgan fingerprint density at radius 2 is 1.68 bits per heavy atom. The van der Waals surface area contributed by atoms with Crippen molar-refractivity contribution < 1.29 is 0 Å². The summed E-state index contributed by atoms with van der Waals surface area (Å²) in [6, 6.07) is 17.5. The van der Waals surface area contributed by atoms with Crippen molar-refractivity contribution in [1.29, 1.82) is 0 Å². The number of unbranched alkanes of at least 4 members (excludes halogenated alkanes) is 2. The molecule has 0 N–H and O–H groups in total. The third-order valence-electron chi connectivity index (χ3n) is 4.10. The van der Waals surface area contributed by atoms with E-state index in [0.717, 1.165) is 0 Å². The minimum absolute atomic E-state index is 1.18. The Kier molecular flexibility index (Phi) is 4.89. The van der Waals surface area contributed by atoms with Gasteiger partial charge in [0.1, 0.15) is 0 Å². The Morgan fingerprint density at radius 3 is 2.55 bits per heavy atom. The molecule has 0 saturated heterocycles. The summed E-state index contributed by atoms with van der Waals surface area (Å²) in [6.45, 7) is 2.26. The predicted molar refractivity (Wildman–Crippen MR) is 96.7 cm³/mol. The molecule has 2 heteroatoms. The van der Waals surface area contributed by atoms with E-state index in [9.17, 15) is 0 Å². The summed E-state index contributed by atoms with van der Waals surface area (Å²) in [4.78, 5) is 2.75. The van der Waals surface area contributed by atoms with E-state index in [1.54, 1.807) is 0 Å². The van der Waals surface area contributed by atoms with Crippen molar-refractivity contribution in [3.8, 4) is 0 Å². The first-order chi connectivity index (χ1) is 10.8. The summed E-state index contributed by atoms with van der Waals surface area (Å²) < 4.78 is 2.22. The van der Waals surface area contributed by atoms with Gasteiger partial charge >= 0.3 is 0 Å². The molecule has 1 heterocycles. The monoisotopic (exact) mass is 309 g/mol. The maximum atomic E-state index is 2.28. The van der Waals surface area contributed by atoms with Crippen molar-refractivity contribution in [3.63, 3.8) is 0 Å². The van der Waals surface area contributed by atoms with Gasteiger partial charge in [-0.15, -0.1) is 0 Å². The lowest BCUT2D eigenvalue weighted by Gasteiger charge is -2.08. The molecule has 0 unspecified atom stereocenters. The van der Waals surface area contributed by atoms with Crippen LogP contribution in [0.5, 0.6) is 0 Å². The number of nitrogens with zero attached hydrogens (tertiary/aromatic N) is 1. The van der Waals surface area contributed by atoms with E-state index in [4.69, 9.17) is 0 Å². The molecule has 3 aromatic rings. The number of fused-ring (bicyclic) bond motifs is 1. The molecule has 22 heavy (non-hydrogen) atoms. The molecular weight excluding hydrogens is 286 g/mol. The molecule has 0 fully saturated rings. The van der Waals surface area contributed by atoms with Crippen LogP contribution in [0.2, 0.25) is 0 Å². The van der Waals surface area contributed by atoms with E-state index in [-0.39, 0.29) is 0 Å². The van der Waals surface area contributed by atoms with Crippen molar-refractivity contribution >= 4 is 22.7 Å². The van der Waals surface area contributed by atoms with Crippen LogP contribution in [0.4, 0.5) is 0 Å². The van der Waals surface area contributed by atoms with Crippen LogP contribution in [0.1, 0.15) is 31.7 Å². The summed E-state index contributed by atoms with van der Waals surface area (Å²) in [5.74, 6) is 0. The van der Waals surface area contributed by atoms with E-state index in [1.807, 2.05) is 11.8 Å². The first kappa shape index (κ1) is 15.2. The summed E-state index contributed by atoms with van der Waals surface area (Å²) in [5.41, 5.74) is 2.78. The molecule has 0 bridgehead atoms. The highest BCUT2D eigenvalue weighted by Crippen LogP contribution is 2.36. The average molecular weight is 309 g/mol. The van der Waals surface area contributed by atoms with E-state index in [2.05, 4.69) is 73.3 Å². The quantitative estimate of drug-likeness (QED) is 0.501. The maximum Gasteiger partial charge on any atom is 0.0489 e. The van der Waals surface area contributed by atoms with Gasteiger partial charge in [0.15, 0.2) is 0 Å². The van der Waals surface area contributed by atoms with Gasteiger partial charge < -0.3 is 4.57 Å². The Morgan fingerprint density at radius 1 is 0.909 bits per heavy atom. The highest BCUT2D eigenvalue weighted by Gasteiger charge is 2.09. The van der Waals surface area contributed by atoms with E-state index < -0.39 is 0 Å². The smallest absolute Gasteiger partial charge is 0.0489 e. The molecule has 1 aromatic heterocycles. The minimum Gasteiger partial charge on any atom is -0.349 e. The average Bonchev–Trinajstić information content (AvgIpc) is 2.86. The first-order valence-electron chi connectivity index (χ1n) is 8.09. The number of hydrogen-bond acceptors (Lipinski definition) is 1. The second-order valence-corrected chi connectivity index (χ2v) is 6.87. The standard InChI is InChI=1S/C20H23NS/c1-3-4-5-10-16-11-6-9-14-19(16)22-20-15-21(2)18-13-8-7-12-17(18)20/h6-9,11-15H,3-5,10H2,1-2H3. The van der Waals surface area contributed by atoms with Gasteiger partial charge in [-0.3, -0.25) is 0 Å². The van der Waals surface area contributed by atoms with Crippen molar-refractivity contribution in [2.24, 2.45) is 7.05 Å². The third-order valence-corrected chi connectivity index (χ3v) is 5.27. The lowest BCUT2D eigenvalue weighted by atomic mass is 10.1. The van der Waals surface area contributed by atoms with Crippen LogP contribution in [0.15, 0.2) is 64.5 Å². The Bertz CT molecular complexity index is 757. The fourth-order valence-corrected chi connectivity index (χ4v) is 4.06. The number of aromatic nitrogens is 1. The molecule has 0 radical (unpaired) electrons. The molecule has 0 aliphatic rings. The van der Waals surface area contributed by atoms with E-state index in [1.165, 1.54) is 51.9 Å². The molecule has 0 saturated carbocycles. The van der Waals surface area contributed by atoms with Crippen LogP contribution in [-0.2, 0) is 13.5 Å². The van der Waals surface area contributed by atoms with Gasteiger partial charge in [0.25, 0.3) is 0 Å². The molecular formula is C20H23NS. The zero-order valence-electron chi connectivity index (χ0n) is 13.4. The van der Waals surface area contributed by atoms with E-state index >= 15 is 0 Å². The number of rotatable bonds is 6. The van der Waals surface area contributed by atoms with Crippen molar-refractivity contribution in [2.75, 3.05) is 0 Å². The second-order valence-electron chi connectivity index (χ2n) is 5.79. The molecule has 0 amide bonds. The molecule has 3 rings (SSSR count). The van der Waals surface area contributed by atoms with Gasteiger partial charge in [-0.05, 0) is 30.5 Å². The lowest BCUT2D eigenvalue weighted by molar-refractivity contribution is 0.712. The Labute approximate surface area is 137 Å². The number of para-hydroxylation sites is 1. The summed E-state index contributed by atoms with van der Waals surface area (Å²) >= 11 is 1.90. The zero-order chi connectivity index (χ0) is 15.4. The Balaban J connectivity index is 1.89. The largest absolute Gasteiger partial charge is 0.349 e. The molecule has 0 aliphatic carbocycles. The van der Waals surface area contributed by atoms with Crippen LogP contribution >= 0.6 is 11.8 Å². The normalized spacial score (nSPS) is 11.2. The highest BCUT2D eigenvalue weighted by atomic mass is 32.2. The molecule has 1 nitrogen and oxygen atoms in total. The first-order valence-corrected chi connectivity index (χ1v) is 8.91. The molecule has 0 spiro atoms. The van der Waals surface area contributed by atoms with Gasteiger partial charge in [0, 0.05) is 33.9 Å². The molecule has 0 aliphatic heterocycles.